The Kier molecular flexibility index (Phi) is 32.1. The summed E-state index contributed by atoms with van der Waals surface area (Å²) in [5.74, 6) is 4.74. The zero-order valence-electron chi connectivity index (χ0n) is 53.2. The lowest BCUT2D eigenvalue weighted by Gasteiger charge is -2.09. The normalized spacial score (nSPS) is 10.1. The van der Waals surface area contributed by atoms with Gasteiger partial charge in [0.1, 0.15) is 28.7 Å². The Morgan fingerprint density at radius 3 is 0.904 bits per heavy atom. The van der Waals surface area contributed by atoms with Gasteiger partial charge in [-0.2, -0.15) is 16.8 Å². The molecule has 11 nitrogen and oxygen atoms in total. The van der Waals surface area contributed by atoms with Crippen LogP contribution in [0.2, 0.25) is 0 Å². The molecule has 8 aromatic rings. The average Bonchev–Trinajstić information content (AvgIpc) is 3.51. The number of rotatable bonds is 7. The van der Waals surface area contributed by atoms with Gasteiger partial charge in [-0.25, -0.2) is 0 Å². The summed E-state index contributed by atoms with van der Waals surface area (Å²) in [6.45, 7) is 33.8. The quantitative estimate of drug-likeness (QED) is 0.147. The van der Waals surface area contributed by atoms with Crippen LogP contribution in [0.15, 0.2) is 155 Å². The maximum Gasteiger partial charge on any atom is 0.294 e. The molecule has 0 aromatic heterocycles. The number of ether oxygens (including phenoxy) is 5. The summed E-state index contributed by atoms with van der Waals surface area (Å²) in [6, 6.07) is 47.1. The predicted molar refractivity (Wildman–Crippen MR) is 344 cm³/mol. The van der Waals surface area contributed by atoms with Crippen LogP contribution in [0, 0.1) is 118 Å². The summed E-state index contributed by atoms with van der Waals surface area (Å²) in [4.78, 5) is -0.0319. The molecule has 0 heterocycles. The Morgan fingerprint density at radius 2 is 0.542 bits per heavy atom. The van der Waals surface area contributed by atoms with Crippen LogP contribution in [0.1, 0.15) is 94.6 Å². The number of hydrogen-bond donors (Lipinski definition) is 2. The monoisotopic (exact) mass is 1170 g/mol. The molecule has 0 spiro atoms. The lowest BCUT2D eigenvalue weighted by Crippen LogP contribution is -2.00. The van der Waals surface area contributed by atoms with E-state index in [1.807, 2.05) is 65.0 Å². The Morgan fingerprint density at radius 1 is 0.241 bits per heavy atom. The molecule has 0 atom stereocenters. The van der Waals surface area contributed by atoms with Crippen molar-refractivity contribution in [1.29, 1.82) is 0 Å². The molecule has 83 heavy (non-hydrogen) atoms. The molecule has 0 unspecified atom stereocenters. The van der Waals surface area contributed by atoms with Crippen LogP contribution in [-0.2, 0) is 20.2 Å². The third-order valence-corrected chi connectivity index (χ3v) is 14.7. The van der Waals surface area contributed by atoms with Crippen molar-refractivity contribution in [2.24, 2.45) is 0 Å². The first kappa shape index (κ1) is 73.6. The first-order valence-electron chi connectivity index (χ1n) is 26.9. The van der Waals surface area contributed by atoms with Crippen molar-refractivity contribution < 1.29 is 49.6 Å². The second kappa shape index (κ2) is 36.2. The van der Waals surface area contributed by atoms with Crippen LogP contribution in [0.3, 0.4) is 0 Å². The van der Waals surface area contributed by atoms with Gasteiger partial charge in [0, 0.05) is 0 Å². The highest BCUT2D eigenvalue weighted by Crippen LogP contribution is 2.27. The molecular weight excluding hydrogens is 1080 g/mol. The number of benzene rings is 8. The zero-order chi connectivity index (χ0) is 63.4. The molecule has 450 valence electrons. The molecule has 0 fully saturated rings. The summed E-state index contributed by atoms with van der Waals surface area (Å²) >= 11 is 0. The van der Waals surface area contributed by atoms with Gasteiger partial charge in [0.15, 0.2) is 0 Å². The van der Waals surface area contributed by atoms with Gasteiger partial charge in [0.05, 0.1) is 45.3 Å². The van der Waals surface area contributed by atoms with Crippen molar-refractivity contribution in [2.45, 2.75) is 127 Å². The first-order chi connectivity index (χ1) is 38.7. The Labute approximate surface area is 499 Å². The molecular formula is C70H92O11S2. The third kappa shape index (κ3) is 27.9. The Hall–Kier alpha value is -7.42. The van der Waals surface area contributed by atoms with E-state index in [1.54, 1.807) is 80.6 Å². The minimum atomic E-state index is -4.06. The zero-order valence-corrected chi connectivity index (χ0v) is 54.9. The molecule has 2 N–H and O–H groups in total. The van der Waals surface area contributed by atoms with E-state index in [-0.39, 0.29) is 9.79 Å². The molecule has 0 radical (unpaired) electrons. The van der Waals surface area contributed by atoms with E-state index in [1.165, 1.54) is 73.3 Å². The van der Waals surface area contributed by atoms with E-state index in [9.17, 15) is 16.8 Å². The van der Waals surface area contributed by atoms with Crippen LogP contribution in [0.4, 0.5) is 0 Å². The van der Waals surface area contributed by atoms with E-state index in [0.717, 1.165) is 51.0 Å². The SMILES string of the molecule is COc1cc(C)c(C)cc1C.COc1cc(C)c(OC)cc1C.COc1cc(C)ccc1C.COc1ccc(C)cc1C.Cc1ccc(C)c(S(=O)(=O)O)c1.Cc1ccc(C)cc1.Cc1ccc(S(=O)(=O)O)c(C)c1.Cc1cccc(C)c1. The smallest absolute Gasteiger partial charge is 0.294 e. The van der Waals surface area contributed by atoms with E-state index in [0.29, 0.717) is 11.1 Å². The highest BCUT2D eigenvalue weighted by molar-refractivity contribution is 7.86. The van der Waals surface area contributed by atoms with Crippen molar-refractivity contribution in [3.8, 4) is 28.7 Å². The Balaban J connectivity index is 0.000000476. The van der Waals surface area contributed by atoms with Gasteiger partial charge in [-0.05, 0) is 221 Å². The third-order valence-electron chi connectivity index (χ3n) is 12.7. The molecule has 0 aliphatic rings. The Bertz CT molecular complexity index is 3440. The van der Waals surface area contributed by atoms with E-state index >= 15 is 0 Å². The van der Waals surface area contributed by atoms with Crippen LogP contribution in [-0.4, -0.2) is 61.5 Å². The maximum absolute atomic E-state index is 10.8. The summed E-state index contributed by atoms with van der Waals surface area (Å²) in [6.07, 6.45) is 0. The summed E-state index contributed by atoms with van der Waals surface area (Å²) in [5, 5.41) is 0. The molecule has 8 rings (SSSR count). The van der Waals surface area contributed by atoms with Crippen molar-refractivity contribution in [3.05, 3.63) is 240 Å². The fourth-order valence-corrected chi connectivity index (χ4v) is 9.35. The fraction of sp³-hybridized carbons (Fsp3) is 0.314. The topological polar surface area (TPSA) is 155 Å². The van der Waals surface area contributed by atoms with E-state index in [4.69, 9.17) is 32.8 Å². The molecule has 8 aromatic carbocycles. The molecule has 0 aliphatic carbocycles. The van der Waals surface area contributed by atoms with Gasteiger partial charge in [-0.15, -0.1) is 0 Å². The van der Waals surface area contributed by atoms with Crippen LogP contribution < -0.4 is 23.7 Å². The van der Waals surface area contributed by atoms with Gasteiger partial charge < -0.3 is 23.7 Å². The molecule has 0 amide bonds. The predicted octanol–water partition coefficient (Wildman–Crippen LogP) is 17.3. The minimum Gasteiger partial charge on any atom is -0.496 e. The number of methoxy groups -OCH3 is 5. The fourth-order valence-electron chi connectivity index (χ4n) is 7.83. The van der Waals surface area contributed by atoms with Crippen LogP contribution >= 0.6 is 0 Å². The lowest BCUT2D eigenvalue weighted by molar-refractivity contribution is 0.398. The lowest BCUT2D eigenvalue weighted by atomic mass is 10.1. The summed E-state index contributed by atoms with van der Waals surface area (Å²) < 4.78 is 86.2. The summed E-state index contributed by atoms with van der Waals surface area (Å²) in [5.41, 5.74) is 19.2. The van der Waals surface area contributed by atoms with Crippen molar-refractivity contribution in [2.75, 3.05) is 35.5 Å². The van der Waals surface area contributed by atoms with Gasteiger partial charge in [-0.3, -0.25) is 9.11 Å². The number of hydrogen-bond acceptors (Lipinski definition) is 9. The van der Waals surface area contributed by atoms with Crippen molar-refractivity contribution >= 4 is 20.2 Å². The molecule has 0 bridgehead atoms. The maximum atomic E-state index is 10.8. The summed E-state index contributed by atoms with van der Waals surface area (Å²) in [7, 11) is 0.337. The van der Waals surface area contributed by atoms with E-state index < -0.39 is 20.2 Å². The standard InChI is InChI=1S/C10H14O2.C10H14O.2C9H12O.2C8H10O3S.2C8H10/c1-7-5-10(12-4)8(2)6-9(7)11-3;1-7-5-9(3)10(11-4)6-8(7)2;1-7-4-5-9(10-3)8(2)6-7;1-7-4-5-8(2)9(6-7)10-3;1-6-3-4-8(7(2)5-6)12(9,10)11;1-6-3-4-7(2)8(5-6)12(9,10)11;1-7-3-5-8(2)6-4-7;1-7-4-3-5-8(2)6-7/h5-6H,1-4H3;5-6H,1-4H3;2*4-6H,1-3H3;2*3-5H,1-2H3,(H,9,10,11);2*3-6H,1-2H3. The van der Waals surface area contributed by atoms with Crippen molar-refractivity contribution in [1.82, 2.24) is 0 Å². The highest BCUT2D eigenvalue weighted by atomic mass is 32.2. The second-order valence-electron chi connectivity index (χ2n) is 20.4. The second-order valence-corrected chi connectivity index (χ2v) is 23.2. The number of aryl methyl sites for hydroxylation is 17. The van der Waals surface area contributed by atoms with Gasteiger partial charge in [-0.1, -0.05) is 137 Å². The van der Waals surface area contributed by atoms with E-state index in [2.05, 4.69) is 141 Å². The largest absolute Gasteiger partial charge is 0.496 e. The van der Waals surface area contributed by atoms with Crippen LogP contribution in [0.5, 0.6) is 28.7 Å². The average molecular weight is 1170 g/mol. The molecule has 0 saturated carbocycles. The van der Waals surface area contributed by atoms with Gasteiger partial charge in [0.2, 0.25) is 0 Å². The van der Waals surface area contributed by atoms with Crippen LogP contribution in [0.25, 0.3) is 0 Å². The van der Waals surface area contributed by atoms with Crippen molar-refractivity contribution in [3.63, 3.8) is 0 Å². The molecule has 13 heteroatoms. The highest BCUT2D eigenvalue weighted by Gasteiger charge is 2.13. The minimum absolute atomic E-state index is 0.0116. The first-order valence-corrected chi connectivity index (χ1v) is 29.8. The molecule has 0 saturated heterocycles. The van der Waals surface area contributed by atoms with Gasteiger partial charge >= 0.3 is 0 Å². The molecule has 0 aliphatic heterocycles. The van der Waals surface area contributed by atoms with Gasteiger partial charge in [0.25, 0.3) is 20.2 Å².